The number of amides is 2. The second-order valence-corrected chi connectivity index (χ2v) is 8.57. The van der Waals surface area contributed by atoms with E-state index in [1.807, 2.05) is 28.0 Å². The summed E-state index contributed by atoms with van der Waals surface area (Å²) in [5.41, 5.74) is 1.20. The van der Waals surface area contributed by atoms with Gasteiger partial charge < -0.3 is 14.5 Å². The molecule has 6 heteroatoms. The van der Waals surface area contributed by atoms with Crippen molar-refractivity contribution < 1.29 is 14.3 Å². The molecule has 4 heterocycles. The zero-order valence-corrected chi connectivity index (χ0v) is 16.6. The van der Waals surface area contributed by atoms with E-state index >= 15 is 0 Å². The molecular formula is C22H31N3O3. The second-order valence-electron chi connectivity index (χ2n) is 8.57. The second kappa shape index (κ2) is 8.60. The number of piperidine rings is 2. The van der Waals surface area contributed by atoms with Crippen LogP contribution in [0.5, 0.6) is 0 Å². The highest BCUT2D eigenvalue weighted by Crippen LogP contribution is 2.40. The SMILES string of the molecule is O=C1CCC2(CCN(C(=O)C3CCCCO3)CC2)CN1CCc1ccccn1. The number of carbonyl (C=O) groups excluding carboxylic acids is 2. The summed E-state index contributed by atoms with van der Waals surface area (Å²) in [6, 6.07) is 5.92. The lowest BCUT2D eigenvalue weighted by atomic mass is 9.72. The van der Waals surface area contributed by atoms with Crippen LogP contribution in [0.25, 0.3) is 0 Å². The van der Waals surface area contributed by atoms with Crippen molar-refractivity contribution in [2.24, 2.45) is 5.41 Å². The molecule has 28 heavy (non-hydrogen) atoms. The molecule has 0 aromatic carbocycles. The molecule has 0 bridgehead atoms. The fraction of sp³-hybridized carbons (Fsp3) is 0.682. The summed E-state index contributed by atoms with van der Waals surface area (Å²) in [4.78, 5) is 33.6. The van der Waals surface area contributed by atoms with Crippen LogP contribution in [-0.2, 0) is 20.7 Å². The molecule has 3 saturated heterocycles. The smallest absolute Gasteiger partial charge is 0.251 e. The third kappa shape index (κ3) is 4.37. The number of ether oxygens (including phenoxy) is 1. The first kappa shape index (κ1) is 19.4. The molecule has 6 nitrogen and oxygen atoms in total. The molecule has 0 aliphatic carbocycles. The van der Waals surface area contributed by atoms with Crippen molar-refractivity contribution in [3.8, 4) is 0 Å². The zero-order chi connectivity index (χ0) is 19.4. The predicted octanol–water partition coefficient (Wildman–Crippen LogP) is 2.42. The van der Waals surface area contributed by atoms with Crippen LogP contribution >= 0.6 is 0 Å². The number of hydrogen-bond donors (Lipinski definition) is 0. The summed E-state index contributed by atoms with van der Waals surface area (Å²) in [7, 11) is 0. The molecule has 1 aromatic rings. The first-order valence-corrected chi connectivity index (χ1v) is 10.7. The first-order valence-electron chi connectivity index (χ1n) is 10.7. The standard InChI is InChI=1S/C22H31N3O3/c26-20-7-9-22(17-25(20)13-8-18-5-1-3-12-23-18)10-14-24(15-11-22)21(27)19-6-2-4-16-28-19/h1,3,5,12,19H,2,4,6-11,13-17H2. The van der Waals surface area contributed by atoms with Gasteiger partial charge in [0.1, 0.15) is 6.10 Å². The van der Waals surface area contributed by atoms with Crippen LogP contribution in [0.2, 0.25) is 0 Å². The van der Waals surface area contributed by atoms with Crippen molar-refractivity contribution in [3.63, 3.8) is 0 Å². The van der Waals surface area contributed by atoms with Crippen molar-refractivity contribution in [2.45, 2.75) is 57.5 Å². The van der Waals surface area contributed by atoms with Crippen molar-refractivity contribution >= 4 is 11.8 Å². The molecule has 0 radical (unpaired) electrons. The Balaban J connectivity index is 1.31. The van der Waals surface area contributed by atoms with Gasteiger partial charge >= 0.3 is 0 Å². The van der Waals surface area contributed by atoms with Crippen LogP contribution in [0.3, 0.4) is 0 Å². The van der Waals surface area contributed by atoms with Gasteiger partial charge in [-0.15, -0.1) is 0 Å². The lowest BCUT2D eigenvalue weighted by Crippen LogP contribution is -2.54. The van der Waals surface area contributed by atoms with Crippen molar-refractivity contribution in [3.05, 3.63) is 30.1 Å². The average molecular weight is 386 g/mol. The van der Waals surface area contributed by atoms with Gasteiger partial charge in [-0.25, -0.2) is 0 Å². The summed E-state index contributed by atoms with van der Waals surface area (Å²) in [5, 5.41) is 0. The Hall–Kier alpha value is -1.95. The third-order valence-electron chi connectivity index (χ3n) is 6.70. The molecule has 0 saturated carbocycles. The van der Waals surface area contributed by atoms with Crippen LogP contribution in [0.1, 0.15) is 50.6 Å². The van der Waals surface area contributed by atoms with Crippen molar-refractivity contribution in [2.75, 3.05) is 32.8 Å². The van der Waals surface area contributed by atoms with Gasteiger partial charge in [0, 0.05) is 57.5 Å². The number of pyridine rings is 1. The van der Waals surface area contributed by atoms with Crippen LogP contribution in [-0.4, -0.2) is 65.5 Å². The highest BCUT2D eigenvalue weighted by Gasteiger charge is 2.42. The van der Waals surface area contributed by atoms with Gasteiger partial charge in [-0.1, -0.05) is 6.07 Å². The van der Waals surface area contributed by atoms with E-state index in [2.05, 4.69) is 4.98 Å². The minimum absolute atomic E-state index is 0.169. The van der Waals surface area contributed by atoms with Crippen LogP contribution < -0.4 is 0 Å². The quantitative estimate of drug-likeness (QED) is 0.799. The van der Waals surface area contributed by atoms with E-state index in [1.54, 1.807) is 6.20 Å². The number of likely N-dealkylation sites (tertiary alicyclic amines) is 2. The number of rotatable bonds is 4. The molecule has 3 fully saturated rings. The summed E-state index contributed by atoms with van der Waals surface area (Å²) < 4.78 is 5.69. The van der Waals surface area contributed by atoms with Crippen LogP contribution in [0, 0.1) is 5.41 Å². The molecule has 3 aliphatic rings. The van der Waals surface area contributed by atoms with E-state index in [4.69, 9.17) is 4.74 Å². The number of carbonyl (C=O) groups is 2. The van der Waals surface area contributed by atoms with Gasteiger partial charge in [0.15, 0.2) is 0 Å². The lowest BCUT2D eigenvalue weighted by molar-refractivity contribution is -0.151. The van der Waals surface area contributed by atoms with E-state index in [1.165, 1.54) is 0 Å². The molecule has 1 aromatic heterocycles. The van der Waals surface area contributed by atoms with Gasteiger partial charge in [-0.2, -0.15) is 0 Å². The Kier molecular flexibility index (Phi) is 5.95. The van der Waals surface area contributed by atoms with Crippen LogP contribution in [0.15, 0.2) is 24.4 Å². The van der Waals surface area contributed by atoms with E-state index < -0.39 is 0 Å². The summed E-state index contributed by atoms with van der Waals surface area (Å²) in [5.74, 6) is 0.434. The summed E-state index contributed by atoms with van der Waals surface area (Å²) in [6.07, 6.45) is 8.93. The average Bonchev–Trinajstić information content (AvgIpc) is 2.76. The fourth-order valence-electron chi connectivity index (χ4n) is 4.85. The molecule has 1 spiro atoms. The highest BCUT2D eigenvalue weighted by atomic mass is 16.5. The lowest BCUT2D eigenvalue weighted by Gasteiger charge is -2.48. The van der Waals surface area contributed by atoms with E-state index in [0.29, 0.717) is 13.0 Å². The van der Waals surface area contributed by atoms with Crippen molar-refractivity contribution in [1.82, 2.24) is 14.8 Å². The highest BCUT2D eigenvalue weighted by molar-refractivity contribution is 5.81. The normalized spacial score (nSPS) is 25.1. The van der Waals surface area contributed by atoms with Crippen molar-refractivity contribution in [1.29, 1.82) is 0 Å². The molecule has 1 atom stereocenters. The molecular weight excluding hydrogens is 354 g/mol. The minimum Gasteiger partial charge on any atom is -0.368 e. The van der Waals surface area contributed by atoms with Crippen LogP contribution in [0.4, 0.5) is 0 Å². The Bertz CT molecular complexity index is 680. The van der Waals surface area contributed by atoms with Gasteiger partial charge in [0.25, 0.3) is 5.91 Å². The summed E-state index contributed by atoms with van der Waals surface area (Å²) >= 11 is 0. The molecule has 1 unspecified atom stereocenters. The Morgan fingerprint density at radius 2 is 2.07 bits per heavy atom. The maximum absolute atomic E-state index is 12.7. The first-order chi connectivity index (χ1) is 13.7. The van der Waals surface area contributed by atoms with Gasteiger partial charge in [-0.05, 0) is 56.1 Å². The minimum atomic E-state index is -0.231. The molecule has 152 valence electrons. The monoisotopic (exact) mass is 385 g/mol. The molecule has 0 N–H and O–H groups in total. The zero-order valence-electron chi connectivity index (χ0n) is 16.6. The number of aromatic nitrogens is 1. The maximum atomic E-state index is 12.7. The van der Waals surface area contributed by atoms with E-state index in [-0.39, 0.29) is 23.3 Å². The largest absolute Gasteiger partial charge is 0.368 e. The number of nitrogens with zero attached hydrogens (tertiary/aromatic N) is 3. The Morgan fingerprint density at radius 1 is 1.21 bits per heavy atom. The Morgan fingerprint density at radius 3 is 2.79 bits per heavy atom. The maximum Gasteiger partial charge on any atom is 0.251 e. The van der Waals surface area contributed by atoms with Gasteiger partial charge in [-0.3, -0.25) is 14.6 Å². The summed E-state index contributed by atoms with van der Waals surface area (Å²) in [6.45, 7) is 3.85. The molecule has 3 aliphatic heterocycles. The van der Waals surface area contributed by atoms with E-state index in [9.17, 15) is 9.59 Å². The third-order valence-corrected chi connectivity index (χ3v) is 6.70. The number of hydrogen-bond acceptors (Lipinski definition) is 4. The van der Waals surface area contributed by atoms with E-state index in [0.717, 1.165) is 76.8 Å². The molecule has 2 amide bonds. The van der Waals surface area contributed by atoms with Gasteiger partial charge in [0.2, 0.25) is 5.91 Å². The van der Waals surface area contributed by atoms with Gasteiger partial charge in [0.05, 0.1) is 0 Å². The molecule has 4 rings (SSSR count). The topological polar surface area (TPSA) is 62.7 Å². The predicted molar refractivity (Wildman–Crippen MR) is 106 cm³/mol. The fourth-order valence-corrected chi connectivity index (χ4v) is 4.85. The Labute approximate surface area is 167 Å².